The van der Waals surface area contributed by atoms with E-state index < -0.39 is 0 Å². The fraction of sp³-hybridized carbons (Fsp3) is 0.500. The van der Waals surface area contributed by atoms with Crippen LogP contribution in [0.5, 0.6) is 0 Å². The Morgan fingerprint density at radius 2 is 1.81 bits per heavy atom. The first-order valence-corrected chi connectivity index (χ1v) is 5.38. The minimum absolute atomic E-state index is 0. The molecule has 0 spiro atoms. The molecule has 0 bridgehead atoms. The molecule has 0 fully saturated rings. The summed E-state index contributed by atoms with van der Waals surface area (Å²) in [7, 11) is 2.13. The van der Waals surface area contributed by atoms with Gasteiger partial charge in [-0.15, -0.1) is 0 Å². The Balaban J connectivity index is 0.00000225. The number of aliphatic hydroxyl groups is 1. The van der Waals surface area contributed by atoms with Gasteiger partial charge in [0.05, 0.1) is 20.2 Å². The van der Waals surface area contributed by atoms with Crippen LogP contribution < -0.4 is 18.1 Å². The van der Waals surface area contributed by atoms with Crippen LogP contribution in [0.1, 0.15) is 5.56 Å². The van der Waals surface area contributed by atoms with Crippen molar-refractivity contribution in [3.8, 4) is 0 Å². The second-order valence-electron chi connectivity index (χ2n) is 4.22. The molecule has 0 radical (unpaired) electrons. The van der Waals surface area contributed by atoms with Crippen molar-refractivity contribution in [2.75, 3.05) is 33.3 Å². The van der Waals surface area contributed by atoms with E-state index in [1.807, 2.05) is 18.2 Å². The van der Waals surface area contributed by atoms with E-state index in [0.717, 1.165) is 24.1 Å². The summed E-state index contributed by atoms with van der Waals surface area (Å²) < 4.78 is 0.803. The first kappa shape index (κ1) is 15.4. The van der Waals surface area contributed by atoms with Crippen LogP contribution in [0.4, 0.5) is 0 Å². The Morgan fingerprint density at radius 3 is 2.31 bits per heavy atom. The maximum atomic E-state index is 9.05. The third kappa shape index (κ3) is 4.94. The Bertz CT molecular complexity index is 274. The smallest absolute Gasteiger partial charge is 0.104 e. The van der Waals surface area contributed by atoms with E-state index >= 15 is 0 Å². The molecule has 1 aromatic carbocycles. The van der Waals surface area contributed by atoms with Crippen LogP contribution in [0.3, 0.4) is 0 Å². The van der Waals surface area contributed by atoms with Crippen molar-refractivity contribution in [2.24, 2.45) is 5.73 Å². The highest BCUT2D eigenvalue weighted by molar-refractivity contribution is 5.13. The molecule has 0 heterocycles. The van der Waals surface area contributed by atoms with E-state index in [2.05, 4.69) is 19.2 Å². The average Bonchev–Trinajstić information content (AvgIpc) is 2.19. The van der Waals surface area contributed by atoms with Crippen molar-refractivity contribution in [2.45, 2.75) is 6.54 Å². The van der Waals surface area contributed by atoms with Gasteiger partial charge in [0.2, 0.25) is 0 Å². The summed E-state index contributed by atoms with van der Waals surface area (Å²) in [6, 6.07) is 10.3. The zero-order valence-corrected chi connectivity index (χ0v) is 10.5. The summed E-state index contributed by atoms with van der Waals surface area (Å²) in [5.74, 6) is 0. The molecule has 1 atom stereocenters. The number of nitrogens with two attached hydrogens (primary N) is 1. The molecule has 16 heavy (non-hydrogen) atoms. The summed E-state index contributed by atoms with van der Waals surface area (Å²) in [4.78, 5) is 0. The molecule has 1 rings (SSSR count). The minimum atomic E-state index is 0. The van der Waals surface area contributed by atoms with Gasteiger partial charge in [0, 0.05) is 12.1 Å². The summed E-state index contributed by atoms with van der Waals surface area (Å²) in [5, 5.41) is 9.05. The van der Waals surface area contributed by atoms with Crippen molar-refractivity contribution >= 4 is 0 Å². The van der Waals surface area contributed by atoms with Crippen molar-refractivity contribution in [1.82, 2.24) is 0 Å². The molecule has 3 nitrogen and oxygen atoms in total. The number of nitrogens with zero attached hydrogens (tertiary/aromatic N) is 1. The Labute approximate surface area is 104 Å². The molecule has 0 aliphatic heterocycles. The van der Waals surface area contributed by atoms with Crippen LogP contribution in [-0.4, -0.2) is 42.9 Å². The Kier molecular flexibility index (Phi) is 7.34. The number of hydrogen-bond acceptors (Lipinski definition) is 2. The van der Waals surface area contributed by atoms with Gasteiger partial charge in [0.25, 0.3) is 0 Å². The zero-order chi connectivity index (χ0) is 11.1. The molecule has 0 aromatic heterocycles. The van der Waals surface area contributed by atoms with Gasteiger partial charge < -0.3 is 27.7 Å². The Hall–Kier alpha value is -0.610. The molecule has 4 heteroatoms. The number of quaternary nitrogens is 1. The molecule has 1 unspecified atom stereocenters. The van der Waals surface area contributed by atoms with Crippen molar-refractivity contribution < 1.29 is 22.0 Å². The third-order valence-corrected chi connectivity index (χ3v) is 2.72. The van der Waals surface area contributed by atoms with Gasteiger partial charge in [0.1, 0.15) is 13.1 Å². The van der Waals surface area contributed by atoms with Crippen LogP contribution in [0.15, 0.2) is 30.3 Å². The highest BCUT2D eigenvalue weighted by atomic mass is 35.5. The lowest BCUT2D eigenvalue weighted by molar-refractivity contribution is -0.921. The summed E-state index contributed by atoms with van der Waals surface area (Å²) in [6.07, 6.45) is 0. The molecule has 0 amide bonds. The number of likely N-dealkylation sites (N-methyl/N-ethyl adjacent to an activating group) is 1. The highest BCUT2D eigenvalue weighted by Gasteiger charge is 2.20. The molecule has 0 aliphatic carbocycles. The summed E-state index contributed by atoms with van der Waals surface area (Å²) >= 11 is 0. The standard InChI is InChI=1S/C12H21N2O.ClH/c1-14(8-7-13,9-10-15)11-12-5-3-2-4-6-12;/h2-6,15H,7-11,13H2,1H3;1H/q+1;/p-1. The van der Waals surface area contributed by atoms with Gasteiger partial charge in [-0.1, -0.05) is 30.3 Å². The largest absolute Gasteiger partial charge is 1.00 e. The van der Waals surface area contributed by atoms with Crippen molar-refractivity contribution in [3.05, 3.63) is 35.9 Å². The third-order valence-electron chi connectivity index (χ3n) is 2.72. The predicted octanol–water partition coefficient (Wildman–Crippen LogP) is -2.41. The van der Waals surface area contributed by atoms with E-state index in [1.165, 1.54) is 5.56 Å². The quantitative estimate of drug-likeness (QED) is 0.548. The first-order chi connectivity index (χ1) is 7.20. The molecule has 0 saturated carbocycles. The SMILES string of the molecule is C[N+](CCN)(CCO)Cc1ccccc1.[Cl-]. The van der Waals surface area contributed by atoms with Gasteiger partial charge in [0.15, 0.2) is 0 Å². The van der Waals surface area contributed by atoms with Crippen LogP contribution in [0.25, 0.3) is 0 Å². The second-order valence-corrected chi connectivity index (χ2v) is 4.22. The summed E-state index contributed by atoms with van der Waals surface area (Å²) in [6.45, 7) is 3.45. The summed E-state index contributed by atoms with van der Waals surface area (Å²) in [5.41, 5.74) is 6.89. The van der Waals surface area contributed by atoms with Gasteiger partial charge in [-0.05, 0) is 0 Å². The first-order valence-electron chi connectivity index (χ1n) is 5.38. The van der Waals surface area contributed by atoms with Crippen molar-refractivity contribution in [3.63, 3.8) is 0 Å². The van der Waals surface area contributed by atoms with Gasteiger partial charge in [-0.2, -0.15) is 0 Å². The molecule has 92 valence electrons. The fourth-order valence-corrected chi connectivity index (χ4v) is 1.85. The number of hydrogen-bond donors (Lipinski definition) is 2. The molecular weight excluding hydrogens is 224 g/mol. The molecular formula is C12H21ClN2O. The lowest BCUT2D eigenvalue weighted by atomic mass is 10.2. The maximum absolute atomic E-state index is 9.05. The number of benzene rings is 1. The molecule has 0 aliphatic rings. The number of aliphatic hydroxyl groups excluding tert-OH is 1. The highest BCUT2D eigenvalue weighted by Crippen LogP contribution is 2.10. The monoisotopic (exact) mass is 244 g/mol. The van der Waals surface area contributed by atoms with Gasteiger partial charge in [-0.3, -0.25) is 0 Å². The van der Waals surface area contributed by atoms with Gasteiger partial charge >= 0.3 is 0 Å². The Morgan fingerprint density at radius 1 is 1.19 bits per heavy atom. The van der Waals surface area contributed by atoms with Gasteiger partial charge in [-0.25, -0.2) is 0 Å². The maximum Gasteiger partial charge on any atom is 0.104 e. The van der Waals surface area contributed by atoms with Crippen LogP contribution in [0.2, 0.25) is 0 Å². The minimum Gasteiger partial charge on any atom is -1.00 e. The predicted molar refractivity (Wildman–Crippen MR) is 62.2 cm³/mol. The van der Waals surface area contributed by atoms with Crippen LogP contribution >= 0.6 is 0 Å². The normalized spacial score (nSPS) is 13.9. The fourth-order valence-electron chi connectivity index (χ4n) is 1.85. The van der Waals surface area contributed by atoms with E-state index in [0.29, 0.717) is 6.54 Å². The zero-order valence-electron chi connectivity index (χ0n) is 9.77. The van der Waals surface area contributed by atoms with E-state index in [-0.39, 0.29) is 19.0 Å². The lowest BCUT2D eigenvalue weighted by Crippen LogP contribution is -3.00. The average molecular weight is 245 g/mol. The van der Waals surface area contributed by atoms with Crippen molar-refractivity contribution in [1.29, 1.82) is 0 Å². The molecule has 0 saturated heterocycles. The second kappa shape index (κ2) is 7.63. The van der Waals surface area contributed by atoms with E-state index in [4.69, 9.17) is 10.8 Å². The topological polar surface area (TPSA) is 46.2 Å². The van der Waals surface area contributed by atoms with Crippen LogP contribution in [0, 0.1) is 0 Å². The molecule has 1 aromatic rings. The number of halogens is 1. The van der Waals surface area contributed by atoms with E-state index in [1.54, 1.807) is 0 Å². The lowest BCUT2D eigenvalue weighted by Gasteiger charge is -2.33. The number of rotatable bonds is 6. The van der Waals surface area contributed by atoms with E-state index in [9.17, 15) is 0 Å². The molecule has 3 N–H and O–H groups in total. The van der Waals surface area contributed by atoms with Crippen LogP contribution in [-0.2, 0) is 6.54 Å².